The number of carbonyl (C=O) groups excluding carboxylic acids is 1. The molecule has 1 saturated heterocycles. The van der Waals surface area contributed by atoms with Crippen molar-refractivity contribution in [2.24, 2.45) is 0 Å². The van der Waals surface area contributed by atoms with Crippen LogP contribution in [0.2, 0.25) is 0 Å². The summed E-state index contributed by atoms with van der Waals surface area (Å²) < 4.78 is 0. The zero-order valence-corrected chi connectivity index (χ0v) is 6.63. The van der Waals surface area contributed by atoms with Crippen molar-refractivity contribution in [3.63, 3.8) is 0 Å². The fraction of sp³-hybridized carbons (Fsp3) is 0.833. The molecule has 4 heteroatoms. The Morgan fingerprint density at radius 3 is 2.10 bits per heavy atom. The van der Waals surface area contributed by atoms with Crippen LogP contribution in [0.3, 0.4) is 0 Å². The maximum atomic E-state index is 10.0. The maximum Gasteiger partial charge on any atom is 1.00 e. The summed E-state index contributed by atoms with van der Waals surface area (Å²) >= 11 is 0. The second-order valence-electron chi connectivity index (χ2n) is 2.38. The first-order chi connectivity index (χ1) is 4.33. The van der Waals surface area contributed by atoms with E-state index in [1.165, 1.54) is 0 Å². The molecule has 1 aliphatic heterocycles. The third-order valence-corrected chi connectivity index (χ3v) is 1.63. The van der Waals surface area contributed by atoms with Crippen molar-refractivity contribution in [2.45, 2.75) is 0 Å². The Balaban J connectivity index is 0.000000810. The number of nitrogens with zero attached hydrogens (tertiary/aromatic N) is 2. The van der Waals surface area contributed by atoms with Crippen LogP contribution in [0.1, 0.15) is 0 Å². The molecule has 1 amide bonds. The molecule has 3 nitrogen and oxygen atoms in total. The standard InChI is InChI=1S/C6H11N2O.Li/c1-7-2-4-8(6-9)5-3-7;/h2-5H2,1H3;/q-1;+1. The summed E-state index contributed by atoms with van der Waals surface area (Å²) in [4.78, 5) is 13.9. The Morgan fingerprint density at radius 1 is 1.20 bits per heavy atom. The zero-order chi connectivity index (χ0) is 6.69. The molecule has 0 aromatic rings. The Kier molecular flexibility index (Phi) is 4.80. The summed E-state index contributed by atoms with van der Waals surface area (Å²) in [7, 11) is 2.06. The van der Waals surface area contributed by atoms with E-state index in [1.807, 2.05) is 6.41 Å². The molecule has 0 spiro atoms. The number of rotatable bonds is 1. The van der Waals surface area contributed by atoms with Gasteiger partial charge in [0.1, 0.15) is 0 Å². The average Bonchev–Trinajstić information content (AvgIpc) is 1.90. The average molecular weight is 134 g/mol. The maximum absolute atomic E-state index is 10.0. The molecular formula is C6H11LiN2O. The summed E-state index contributed by atoms with van der Waals surface area (Å²) in [5.41, 5.74) is 0. The third kappa shape index (κ3) is 2.74. The van der Waals surface area contributed by atoms with Crippen molar-refractivity contribution in [3.8, 4) is 0 Å². The quantitative estimate of drug-likeness (QED) is 0.272. The molecule has 0 saturated carbocycles. The van der Waals surface area contributed by atoms with E-state index in [9.17, 15) is 4.79 Å². The Bertz CT molecular complexity index is 102. The van der Waals surface area contributed by atoms with Gasteiger partial charge in [0.25, 0.3) is 0 Å². The first-order valence-electron chi connectivity index (χ1n) is 3.14. The van der Waals surface area contributed by atoms with Crippen molar-refractivity contribution < 1.29 is 23.7 Å². The largest absolute Gasteiger partial charge is 1.00 e. The Labute approximate surface area is 73.5 Å². The van der Waals surface area contributed by atoms with Gasteiger partial charge in [-0.1, -0.05) is 0 Å². The zero-order valence-electron chi connectivity index (χ0n) is 6.63. The van der Waals surface area contributed by atoms with Gasteiger partial charge in [0.2, 0.25) is 0 Å². The number of likely N-dealkylation sites (N-methyl/N-ethyl adjacent to an activating group) is 1. The Hall–Kier alpha value is 0.0274. The van der Waals surface area contributed by atoms with Crippen molar-refractivity contribution >= 4 is 6.41 Å². The van der Waals surface area contributed by atoms with E-state index in [0.29, 0.717) is 0 Å². The molecule has 1 rings (SSSR count). The van der Waals surface area contributed by atoms with Crippen LogP contribution >= 0.6 is 0 Å². The number of hydrogen-bond donors (Lipinski definition) is 0. The SMILES string of the molecule is CN1CCN([C-]=O)CC1.[Li+]. The van der Waals surface area contributed by atoms with E-state index < -0.39 is 0 Å². The fourth-order valence-corrected chi connectivity index (χ4v) is 0.898. The predicted molar refractivity (Wildman–Crippen MR) is 34.8 cm³/mol. The van der Waals surface area contributed by atoms with Crippen LogP contribution in [-0.4, -0.2) is 49.4 Å². The molecule has 1 aliphatic rings. The van der Waals surface area contributed by atoms with E-state index in [4.69, 9.17) is 0 Å². The van der Waals surface area contributed by atoms with Gasteiger partial charge in [-0.25, -0.2) is 0 Å². The number of amides is 1. The Morgan fingerprint density at radius 2 is 1.70 bits per heavy atom. The van der Waals surface area contributed by atoms with E-state index in [0.717, 1.165) is 26.2 Å². The van der Waals surface area contributed by atoms with Gasteiger partial charge in [0.15, 0.2) is 0 Å². The van der Waals surface area contributed by atoms with E-state index in [1.54, 1.807) is 4.90 Å². The van der Waals surface area contributed by atoms with Crippen LogP contribution in [0.5, 0.6) is 0 Å². The van der Waals surface area contributed by atoms with Gasteiger partial charge in [-0.2, -0.15) is 6.41 Å². The molecule has 1 fully saturated rings. The monoisotopic (exact) mass is 134 g/mol. The van der Waals surface area contributed by atoms with Gasteiger partial charge in [-0.15, -0.1) is 0 Å². The van der Waals surface area contributed by atoms with Crippen molar-refractivity contribution in [1.29, 1.82) is 0 Å². The minimum Gasteiger partial charge on any atom is -0.520 e. The summed E-state index contributed by atoms with van der Waals surface area (Å²) in [6, 6.07) is 0. The molecule has 0 bridgehead atoms. The minimum absolute atomic E-state index is 0. The third-order valence-electron chi connectivity index (χ3n) is 1.63. The van der Waals surface area contributed by atoms with Crippen LogP contribution in [-0.2, 0) is 4.79 Å². The van der Waals surface area contributed by atoms with Crippen molar-refractivity contribution in [3.05, 3.63) is 0 Å². The smallest absolute Gasteiger partial charge is 0.520 e. The van der Waals surface area contributed by atoms with Gasteiger partial charge in [-0.3, -0.25) is 0 Å². The van der Waals surface area contributed by atoms with E-state index >= 15 is 0 Å². The van der Waals surface area contributed by atoms with Crippen LogP contribution in [0.25, 0.3) is 0 Å². The van der Waals surface area contributed by atoms with Crippen LogP contribution < -0.4 is 18.9 Å². The van der Waals surface area contributed by atoms with Gasteiger partial charge in [0.05, 0.1) is 0 Å². The van der Waals surface area contributed by atoms with Crippen LogP contribution in [0, 0.1) is 0 Å². The molecule has 0 N–H and O–H groups in total. The normalized spacial score (nSPS) is 19.9. The molecule has 0 unspecified atom stereocenters. The second kappa shape index (κ2) is 4.78. The molecule has 52 valence electrons. The number of hydrogen-bond acceptors (Lipinski definition) is 2. The molecule has 10 heavy (non-hydrogen) atoms. The summed E-state index contributed by atoms with van der Waals surface area (Å²) in [5, 5.41) is 0. The number of piperazine rings is 1. The van der Waals surface area contributed by atoms with Gasteiger partial charge < -0.3 is 14.6 Å². The second-order valence-corrected chi connectivity index (χ2v) is 2.38. The predicted octanol–water partition coefficient (Wildman–Crippen LogP) is -3.69. The molecule has 0 radical (unpaired) electrons. The topological polar surface area (TPSA) is 23.6 Å². The van der Waals surface area contributed by atoms with Gasteiger partial charge in [-0.05, 0) is 7.05 Å². The first-order valence-corrected chi connectivity index (χ1v) is 3.14. The molecular weight excluding hydrogens is 123 g/mol. The van der Waals surface area contributed by atoms with Crippen molar-refractivity contribution in [1.82, 2.24) is 9.80 Å². The van der Waals surface area contributed by atoms with Crippen LogP contribution in [0.15, 0.2) is 0 Å². The first kappa shape index (κ1) is 10.0. The van der Waals surface area contributed by atoms with E-state index in [-0.39, 0.29) is 18.9 Å². The molecule has 0 atom stereocenters. The molecule has 0 aliphatic carbocycles. The molecule has 0 aromatic carbocycles. The van der Waals surface area contributed by atoms with Crippen molar-refractivity contribution in [2.75, 3.05) is 33.2 Å². The summed E-state index contributed by atoms with van der Waals surface area (Å²) in [6.07, 6.45) is 1.88. The molecule has 1 heterocycles. The summed E-state index contributed by atoms with van der Waals surface area (Å²) in [6.45, 7) is 3.63. The minimum atomic E-state index is 0. The summed E-state index contributed by atoms with van der Waals surface area (Å²) in [5.74, 6) is 0. The van der Waals surface area contributed by atoms with E-state index in [2.05, 4.69) is 11.9 Å². The fourth-order valence-electron chi connectivity index (χ4n) is 0.898. The van der Waals surface area contributed by atoms with Gasteiger partial charge >= 0.3 is 18.9 Å². The van der Waals surface area contributed by atoms with Crippen LogP contribution in [0.4, 0.5) is 0 Å². The van der Waals surface area contributed by atoms with Gasteiger partial charge in [0, 0.05) is 26.2 Å². The molecule has 0 aromatic heterocycles.